The van der Waals surface area contributed by atoms with Crippen LogP contribution in [0.5, 0.6) is 0 Å². The highest BCUT2D eigenvalue weighted by Crippen LogP contribution is 2.22. The minimum atomic E-state index is -0.571. The summed E-state index contributed by atoms with van der Waals surface area (Å²) in [5.41, 5.74) is 6.57. The van der Waals surface area contributed by atoms with Gasteiger partial charge in [0.1, 0.15) is 6.04 Å². The molecule has 2 aliphatic rings. The molecule has 2 heterocycles. The predicted octanol–water partition coefficient (Wildman–Crippen LogP) is 2.26. The van der Waals surface area contributed by atoms with Gasteiger partial charge in [-0.15, -0.1) is 0 Å². The maximum Gasteiger partial charge on any atom is 0.252 e. The van der Waals surface area contributed by atoms with Gasteiger partial charge in [-0.05, 0) is 57.0 Å². The molecule has 0 saturated carbocycles. The van der Waals surface area contributed by atoms with E-state index in [-0.39, 0.29) is 17.7 Å². The fourth-order valence-corrected chi connectivity index (χ4v) is 4.50. The highest BCUT2D eigenvalue weighted by atomic mass is 35.5. The van der Waals surface area contributed by atoms with Crippen molar-refractivity contribution in [1.29, 1.82) is 0 Å². The monoisotopic (exact) mass is 435 g/mol. The van der Waals surface area contributed by atoms with Crippen LogP contribution in [-0.2, 0) is 4.79 Å². The van der Waals surface area contributed by atoms with Crippen LogP contribution in [0.2, 0.25) is 5.02 Å². The number of likely N-dealkylation sites (tertiary alicyclic amines) is 1. The van der Waals surface area contributed by atoms with Crippen molar-refractivity contribution in [3.8, 4) is 0 Å². The second-order valence-corrected chi connectivity index (χ2v) is 9.16. The maximum absolute atomic E-state index is 13.2. The number of carbonyl (C=O) groups is 2. The average molecular weight is 436 g/mol. The molecule has 2 saturated heterocycles. The first-order chi connectivity index (χ1) is 14.3. The molecule has 1 aromatic rings. The third kappa shape index (κ3) is 5.25. The maximum atomic E-state index is 13.2. The minimum absolute atomic E-state index is 0.0167. The van der Waals surface area contributed by atoms with Crippen molar-refractivity contribution in [3.63, 3.8) is 0 Å². The molecule has 3 rings (SSSR count). The zero-order valence-corrected chi connectivity index (χ0v) is 19.0. The number of halogens is 1. The number of carbonyl (C=O) groups excluding carboxylic acids is 2. The van der Waals surface area contributed by atoms with Crippen LogP contribution in [0.3, 0.4) is 0 Å². The predicted molar refractivity (Wildman–Crippen MR) is 120 cm³/mol. The van der Waals surface area contributed by atoms with Crippen LogP contribution in [-0.4, -0.2) is 78.5 Å². The van der Waals surface area contributed by atoms with Crippen molar-refractivity contribution < 1.29 is 9.59 Å². The molecule has 30 heavy (non-hydrogen) atoms. The lowest BCUT2D eigenvalue weighted by atomic mass is 10.0. The van der Waals surface area contributed by atoms with E-state index < -0.39 is 6.04 Å². The van der Waals surface area contributed by atoms with Gasteiger partial charge < -0.3 is 16.0 Å². The number of nitrogens with two attached hydrogens (primary N) is 1. The smallest absolute Gasteiger partial charge is 0.252 e. The summed E-state index contributed by atoms with van der Waals surface area (Å²) in [6.45, 7) is 8.16. The first kappa shape index (κ1) is 22.8. The number of piperazine rings is 1. The Balaban J connectivity index is 1.60. The molecule has 0 aliphatic carbocycles. The van der Waals surface area contributed by atoms with Gasteiger partial charge in [0.25, 0.3) is 5.91 Å². The molecule has 166 valence electrons. The zero-order chi connectivity index (χ0) is 21.8. The molecule has 8 heteroatoms. The molecule has 0 spiro atoms. The van der Waals surface area contributed by atoms with E-state index in [1.165, 1.54) is 19.3 Å². The van der Waals surface area contributed by atoms with Gasteiger partial charge in [-0.2, -0.15) is 0 Å². The molecule has 0 aromatic heterocycles. The molecular weight excluding hydrogens is 402 g/mol. The Hall–Kier alpha value is -1.83. The van der Waals surface area contributed by atoms with Crippen molar-refractivity contribution in [1.82, 2.24) is 20.0 Å². The molecule has 3 N–H and O–H groups in total. The number of amides is 2. The minimum Gasteiger partial charge on any atom is -0.398 e. The summed E-state index contributed by atoms with van der Waals surface area (Å²) in [4.78, 5) is 32.7. The van der Waals surface area contributed by atoms with Crippen molar-refractivity contribution in [2.75, 3.05) is 45.5 Å². The summed E-state index contributed by atoms with van der Waals surface area (Å²) < 4.78 is 0. The quantitative estimate of drug-likeness (QED) is 0.693. The van der Waals surface area contributed by atoms with Crippen LogP contribution in [0.25, 0.3) is 0 Å². The molecule has 2 aliphatic heterocycles. The topological polar surface area (TPSA) is 81.9 Å². The molecule has 0 bridgehead atoms. The molecule has 0 radical (unpaired) electrons. The van der Waals surface area contributed by atoms with Crippen LogP contribution >= 0.6 is 11.6 Å². The molecule has 2 amide bonds. The van der Waals surface area contributed by atoms with E-state index in [1.807, 2.05) is 18.7 Å². The lowest BCUT2D eigenvalue weighted by Crippen LogP contribution is -2.60. The fraction of sp³-hybridized carbons (Fsp3) is 0.636. The van der Waals surface area contributed by atoms with E-state index >= 15 is 0 Å². The Morgan fingerprint density at radius 1 is 1.13 bits per heavy atom. The van der Waals surface area contributed by atoms with Gasteiger partial charge in [0.2, 0.25) is 5.91 Å². The molecule has 7 nitrogen and oxygen atoms in total. The van der Waals surface area contributed by atoms with Crippen molar-refractivity contribution >= 4 is 29.1 Å². The largest absolute Gasteiger partial charge is 0.398 e. The lowest BCUT2D eigenvalue weighted by Gasteiger charge is -2.45. The highest BCUT2D eigenvalue weighted by Gasteiger charge is 2.33. The summed E-state index contributed by atoms with van der Waals surface area (Å²) in [7, 11) is 2.19. The standard InChI is InChI=1S/C22H34ClN5O2/c1-15(2)20(25-21(29)16-7-8-17(23)18(24)14-16)22(30)28-12-10-27(11-13-28)19-6-4-5-9-26(19)3/h7-8,14-15,19-20H,4-6,9-13,24H2,1-3H3,(H,25,29)/t19?,20-/m1/s1. The van der Waals surface area contributed by atoms with Gasteiger partial charge in [0.15, 0.2) is 0 Å². The zero-order valence-electron chi connectivity index (χ0n) is 18.2. The van der Waals surface area contributed by atoms with Gasteiger partial charge >= 0.3 is 0 Å². The number of hydrogen-bond donors (Lipinski definition) is 2. The van der Waals surface area contributed by atoms with E-state index in [9.17, 15) is 9.59 Å². The van der Waals surface area contributed by atoms with Crippen LogP contribution in [0.4, 0.5) is 5.69 Å². The summed E-state index contributed by atoms with van der Waals surface area (Å²) in [6.07, 6.45) is 4.21. The van der Waals surface area contributed by atoms with E-state index in [4.69, 9.17) is 17.3 Å². The third-order valence-corrected chi connectivity index (χ3v) is 6.60. The van der Waals surface area contributed by atoms with Crippen LogP contribution in [0, 0.1) is 5.92 Å². The first-order valence-corrected chi connectivity index (χ1v) is 11.2. The first-order valence-electron chi connectivity index (χ1n) is 10.9. The van der Waals surface area contributed by atoms with Crippen molar-refractivity contribution in [2.24, 2.45) is 5.92 Å². The van der Waals surface area contributed by atoms with Gasteiger partial charge in [0, 0.05) is 31.7 Å². The third-order valence-electron chi connectivity index (χ3n) is 6.26. The lowest BCUT2D eigenvalue weighted by molar-refractivity contribution is -0.137. The number of hydrogen-bond acceptors (Lipinski definition) is 5. The SMILES string of the molecule is CC(C)[C@@H](NC(=O)c1ccc(Cl)c(N)c1)C(=O)N1CCN(C2CCCCN2C)CC1. The summed E-state index contributed by atoms with van der Waals surface area (Å²) in [5.74, 6) is -0.349. The van der Waals surface area contributed by atoms with Crippen LogP contribution < -0.4 is 11.1 Å². The van der Waals surface area contributed by atoms with E-state index in [0.717, 1.165) is 19.6 Å². The summed E-state index contributed by atoms with van der Waals surface area (Å²) >= 11 is 5.95. The number of piperidine rings is 1. The van der Waals surface area contributed by atoms with Crippen LogP contribution in [0.1, 0.15) is 43.5 Å². The van der Waals surface area contributed by atoms with Crippen molar-refractivity contribution in [3.05, 3.63) is 28.8 Å². The van der Waals surface area contributed by atoms with Crippen molar-refractivity contribution in [2.45, 2.75) is 45.3 Å². The van der Waals surface area contributed by atoms with Gasteiger partial charge in [0.05, 0.1) is 16.9 Å². The van der Waals surface area contributed by atoms with Crippen LogP contribution in [0.15, 0.2) is 18.2 Å². The highest BCUT2D eigenvalue weighted by molar-refractivity contribution is 6.33. The van der Waals surface area contributed by atoms with E-state index in [2.05, 4.69) is 22.2 Å². The van der Waals surface area contributed by atoms with Gasteiger partial charge in [-0.1, -0.05) is 25.4 Å². The molecule has 2 atom stereocenters. The van der Waals surface area contributed by atoms with Gasteiger partial charge in [-0.25, -0.2) is 0 Å². The summed E-state index contributed by atoms with van der Waals surface area (Å²) in [5, 5.41) is 3.31. The molecular formula is C22H34ClN5O2. The molecule has 2 fully saturated rings. The average Bonchev–Trinajstić information content (AvgIpc) is 2.73. The number of nitrogen functional groups attached to an aromatic ring is 1. The Morgan fingerprint density at radius 2 is 1.83 bits per heavy atom. The number of nitrogens with zero attached hydrogens (tertiary/aromatic N) is 3. The molecule has 1 aromatic carbocycles. The number of rotatable bonds is 5. The Bertz CT molecular complexity index is 764. The Kier molecular flexibility index (Phi) is 7.60. The summed E-state index contributed by atoms with van der Waals surface area (Å²) in [6, 6.07) is 4.19. The number of anilines is 1. The second-order valence-electron chi connectivity index (χ2n) is 8.75. The molecule has 1 unspecified atom stereocenters. The Morgan fingerprint density at radius 3 is 2.43 bits per heavy atom. The fourth-order valence-electron chi connectivity index (χ4n) is 4.38. The number of nitrogens with one attached hydrogen (secondary N) is 1. The normalized spacial score (nSPS) is 22.2. The van der Waals surface area contributed by atoms with Gasteiger partial charge in [-0.3, -0.25) is 19.4 Å². The second kappa shape index (κ2) is 9.98. The van der Waals surface area contributed by atoms with E-state index in [1.54, 1.807) is 18.2 Å². The number of benzene rings is 1. The Labute approximate surface area is 184 Å². The van der Waals surface area contributed by atoms with E-state index in [0.29, 0.717) is 35.5 Å².